The van der Waals surface area contributed by atoms with Gasteiger partial charge < -0.3 is 14.6 Å². The van der Waals surface area contributed by atoms with E-state index in [9.17, 15) is 9.59 Å². The van der Waals surface area contributed by atoms with Crippen molar-refractivity contribution in [2.45, 2.75) is 70.9 Å². The molecule has 150 valence electrons. The number of hydrogen-bond donors (Lipinski definition) is 1. The maximum absolute atomic E-state index is 12.8. The van der Waals surface area contributed by atoms with Crippen molar-refractivity contribution in [2.75, 3.05) is 6.54 Å². The predicted octanol–water partition coefficient (Wildman–Crippen LogP) is 3.22. The number of aromatic nitrogens is 2. The molecule has 28 heavy (non-hydrogen) atoms. The number of piperidine rings is 1. The van der Waals surface area contributed by atoms with E-state index in [1.54, 1.807) is 0 Å². The second-order valence-corrected chi connectivity index (χ2v) is 8.35. The van der Waals surface area contributed by atoms with Gasteiger partial charge in [0.2, 0.25) is 11.8 Å². The number of nitrogens with one attached hydrogen (secondary N) is 1. The molecule has 2 aliphatic rings. The average molecular weight is 383 g/mol. The summed E-state index contributed by atoms with van der Waals surface area (Å²) in [6.45, 7) is 3.04. The molecule has 6 heteroatoms. The maximum Gasteiger partial charge on any atom is 0.225 e. The first-order valence-electron chi connectivity index (χ1n) is 10.6. The lowest BCUT2D eigenvalue weighted by molar-refractivity contribution is -0.141. The largest absolute Gasteiger partial charge is 0.350 e. The minimum absolute atomic E-state index is 0.0411. The van der Waals surface area contributed by atoms with E-state index in [0.29, 0.717) is 32.0 Å². The van der Waals surface area contributed by atoms with Crippen molar-refractivity contribution in [1.29, 1.82) is 0 Å². The summed E-state index contributed by atoms with van der Waals surface area (Å²) in [6.07, 6.45) is 12.2. The quantitative estimate of drug-likeness (QED) is 0.826. The van der Waals surface area contributed by atoms with Crippen LogP contribution < -0.4 is 5.32 Å². The smallest absolute Gasteiger partial charge is 0.225 e. The molecule has 1 saturated carbocycles. The Kier molecular flexibility index (Phi) is 5.64. The lowest BCUT2D eigenvalue weighted by Gasteiger charge is -2.37. The number of imidazole rings is 1. The Morgan fingerprint density at radius 1 is 1.21 bits per heavy atom. The standard InChI is InChI=1S/C22H30N4O2/c1-16-10-11-25-15-18(24-20(25)12-16)13-23-22(28)17-8-9-21(27)26(14-17)19-6-4-2-3-5-7-19/h10-12,15,17,19H,2-9,13-14H2,1H3,(H,23,28). The third-order valence-corrected chi connectivity index (χ3v) is 6.19. The van der Waals surface area contributed by atoms with Gasteiger partial charge in [-0.2, -0.15) is 0 Å². The summed E-state index contributed by atoms with van der Waals surface area (Å²) in [5.74, 6) is 0.159. The summed E-state index contributed by atoms with van der Waals surface area (Å²) in [6, 6.07) is 4.40. The molecule has 1 atom stereocenters. The molecule has 2 aromatic heterocycles. The number of aryl methyl sites for hydroxylation is 1. The molecule has 0 bridgehead atoms. The van der Waals surface area contributed by atoms with Gasteiger partial charge in [-0.05, 0) is 43.9 Å². The van der Waals surface area contributed by atoms with Crippen molar-refractivity contribution < 1.29 is 9.59 Å². The van der Waals surface area contributed by atoms with Crippen LogP contribution >= 0.6 is 0 Å². The number of likely N-dealkylation sites (tertiary alicyclic amines) is 1. The number of hydrogen-bond acceptors (Lipinski definition) is 3. The fraction of sp³-hybridized carbons (Fsp3) is 0.591. The van der Waals surface area contributed by atoms with Gasteiger partial charge in [-0.1, -0.05) is 25.7 Å². The Morgan fingerprint density at radius 2 is 2.00 bits per heavy atom. The van der Waals surface area contributed by atoms with E-state index in [-0.39, 0.29) is 17.7 Å². The maximum atomic E-state index is 12.8. The van der Waals surface area contributed by atoms with Crippen molar-refractivity contribution >= 4 is 17.5 Å². The molecule has 1 aliphatic heterocycles. The van der Waals surface area contributed by atoms with Crippen LogP contribution in [-0.4, -0.2) is 38.7 Å². The second kappa shape index (κ2) is 8.33. The Balaban J connectivity index is 1.36. The first-order valence-corrected chi connectivity index (χ1v) is 10.6. The van der Waals surface area contributed by atoms with Crippen molar-refractivity contribution in [2.24, 2.45) is 5.92 Å². The van der Waals surface area contributed by atoms with Gasteiger partial charge in [0.1, 0.15) is 5.65 Å². The number of rotatable bonds is 4. The highest BCUT2D eigenvalue weighted by Crippen LogP contribution is 2.27. The monoisotopic (exact) mass is 382 g/mol. The first-order chi connectivity index (χ1) is 13.6. The fourth-order valence-electron chi connectivity index (χ4n) is 4.55. The molecule has 2 amide bonds. The van der Waals surface area contributed by atoms with Gasteiger partial charge in [0.15, 0.2) is 0 Å². The number of carbonyl (C=O) groups is 2. The van der Waals surface area contributed by atoms with E-state index in [2.05, 4.69) is 10.3 Å². The van der Waals surface area contributed by atoms with Crippen molar-refractivity contribution in [3.05, 3.63) is 35.8 Å². The van der Waals surface area contributed by atoms with E-state index < -0.39 is 0 Å². The van der Waals surface area contributed by atoms with Gasteiger partial charge in [0, 0.05) is 31.4 Å². The second-order valence-electron chi connectivity index (χ2n) is 8.35. The fourth-order valence-corrected chi connectivity index (χ4v) is 4.55. The zero-order valence-corrected chi connectivity index (χ0v) is 16.7. The van der Waals surface area contributed by atoms with E-state index in [0.717, 1.165) is 24.2 Å². The molecule has 1 saturated heterocycles. The molecule has 6 nitrogen and oxygen atoms in total. The third kappa shape index (κ3) is 4.21. The Hall–Kier alpha value is -2.37. The van der Waals surface area contributed by atoms with Crippen LogP contribution in [0.25, 0.3) is 5.65 Å². The number of carbonyl (C=O) groups excluding carboxylic acids is 2. The Labute approximate surface area is 166 Å². The average Bonchev–Trinajstić information content (AvgIpc) is 2.90. The molecular formula is C22H30N4O2. The van der Waals surface area contributed by atoms with Crippen LogP contribution in [0.3, 0.4) is 0 Å². The van der Waals surface area contributed by atoms with E-state index in [1.165, 1.54) is 31.2 Å². The lowest BCUT2D eigenvalue weighted by atomic mass is 9.93. The van der Waals surface area contributed by atoms with Crippen LogP contribution in [0, 0.1) is 12.8 Å². The summed E-state index contributed by atoms with van der Waals surface area (Å²) in [5.41, 5.74) is 2.91. The van der Waals surface area contributed by atoms with Gasteiger partial charge >= 0.3 is 0 Å². The molecule has 1 aliphatic carbocycles. The molecule has 1 unspecified atom stereocenters. The molecule has 0 radical (unpaired) electrons. The van der Waals surface area contributed by atoms with Crippen LogP contribution in [0.4, 0.5) is 0 Å². The van der Waals surface area contributed by atoms with Gasteiger partial charge in [-0.3, -0.25) is 9.59 Å². The predicted molar refractivity (Wildman–Crippen MR) is 108 cm³/mol. The molecule has 4 rings (SSSR count). The number of fused-ring (bicyclic) bond motifs is 1. The molecular weight excluding hydrogens is 352 g/mol. The highest BCUT2D eigenvalue weighted by Gasteiger charge is 2.34. The molecule has 0 spiro atoms. The summed E-state index contributed by atoms with van der Waals surface area (Å²) in [7, 11) is 0. The summed E-state index contributed by atoms with van der Waals surface area (Å²) < 4.78 is 1.97. The van der Waals surface area contributed by atoms with Crippen LogP contribution in [0.2, 0.25) is 0 Å². The molecule has 2 aromatic rings. The van der Waals surface area contributed by atoms with Crippen LogP contribution in [0.15, 0.2) is 24.5 Å². The van der Waals surface area contributed by atoms with Crippen LogP contribution in [0.1, 0.15) is 62.6 Å². The number of pyridine rings is 1. The van der Waals surface area contributed by atoms with Crippen LogP contribution in [0.5, 0.6) is 0 Å². The van der Waals surface area contributed by atoms with Gasteiger partial charge in [-0.25, -0.2) is 4.98 Å². The van der Waals surface area contributed by atoms with Gasteiger partial charge in [0.25, 0.3) is 0 Å². The molecule has 2 fully saturated rings. The zero-order valence-electron chi connectivity index (χ0n) is 16.7. The van der Waals surface area contributed by atoms with Crippen molar-refractivity contribution in [3.63, 3.8) is 0 Å². The van der Waals surface area contributed by atoms with E-state index >= 15 is 0 Å². The van der Waals surface area contributed by atoms with E-state index in [1.807, 2.05) is 40.8 Å². The molecule has 0 aromatic carbocycles. The number of amides is 2. The van der Waals surface area contributed by atoms with Gasteiger partial charge in [0.05, 0.1) is 18.2 Å². The van der Waals surface area contributed by atoms with Crippen molar-refractivity contribution in [3.8, 4) is 0 Å². The number of nitrogens with zero attached hydrogens (tertiary/aromatic N) is 3. The highest BCUT2D eigenvalue weighted by atomic mass is 16.2. The first kappa shape index (κ1) is 19.0. The molecule has 1 N–H and O–H groups in total. The third-order valence-electron chi connectivity index (χ3n) is 6.19. The Morgan fingerprint density at radius 3 is 2.79 bits per heavy atom. The summed E-state index contributed by atoms with van der Waals surface area (Å²) in [5, 5.41) is 3.04. The summed E-state index contributed by atoms with van der Waals surface area (Å²) in [4.78, 5) is 31.8. The zero-order chi connectivity index (χ0) is 19.5. The van der Waals surface area contributed by atoms with E-state index in [4.69, 9.17) is 0 Å². The summed E-state index contributed by atoms with van der Waals surface area (Å²) >= 11 is 0. The topological polar surface area (TPSA) is 66.7 Å². The Bertz CT molecular complexity index is 851. The van der Waals surface area contributed by atoms with Crippen LogP contribution in [-0.2, 0) is 16.1 Å². The minimum Gasteiger partial charge on any atom is -0.350 e. The molecule has 3 heterocycles. The minimum atomic E-state index is -0.111. The normalized spacial score (nSPS) is 21.7. The van der Waals surface area contributed by atoms with Crippen molar-refractivity contribution in [1.82, 2.24) is 19.6 Å². The van der Waals surface area contributed by atoms with Gasteiger partial charge in [-0.15, -0.1) is 0 Å². The SMILES string of the molecule is Cc1ccn2cc(CNC(=O)C3CCC(=O)N(C4CCCCCC4)C3)nc2c1. The lowest BCUT2D eigenvalue weighted by Crippen LogP contribution is -2.49. The highest BCUT2D eigenvalue weighted by molar-refractivity contribution is 5.84.